The molecule has 0 saturated carbocycles. The molecule has 1 saturated heterocycles. The molecule has 0 amide bonds. The van der Waals surface area contributed by atoms with E-state index in [9.17, 15) is 4.79 Å². The van der Waals surface area contributed by atoms with Gasteiger partial charge in [-0.15, -0.1) is 0 Å². The third-order valence-corrected chi connectivity index (χ3v) is 5.13. The van der Waals surface area contributed by atoms with Crippen molar-refractivity contribution >= 4 is 34.4 Å². The van der Waals surface area contributed by atoms with Gasteiger partial charge >= 0.3 is 0 Å². The number of pyridine rings is 1. The summed E-state index contributed by atoms with van der Waals surface area (Å²) in [4.78, 5) is 29.3. The lowest BCUT2D eigenvalue weighted by molar-refractivity contribution is 0.721. The molecule has 0 atom stereocenters. The van der Waals surface area contributed by atoms with Crippen LogP contribution in [0.2, 0.25) is 0 Å². The molecule has 3 rings (SSSR count). The minimum Gasteiger partial charge on any atom is -0.353 e. The van der Waals surface area contributed by atoms with Crippen molar-refractivity contribution in [1.29, 1.82) is 0 Å². The van der Waals surface area contributed by atoms with Gasteiger partial charge in [-0.2, -0.15) is 11.8 Å². The third-order valence-electron chi connectivity index (χ3n) is 4.19. The van der Waals surface area contributed by atoms with Crippen molar-refractivity contribution in [3.8, 4) is 0 Å². The monoisotopic (exact) mass is 347 g/mol. The number of hydrogen-bond donors (Lipinski definition) is 1. The lowest BCUT2D eigenvalue weighted by atomic mass is 10.2. The molecule has 3 heterocycles. The predicted molar refractivity (Wildman–Crippen MR) is 102 cm³/mol. The standard InChI is InChI=1S/C17H25N5OS/c1-3-7-22(8-4-2)17-19-14-13(16(23)20-17)5-6-18-15(14)21-9-11-24-12-10-21/h5-6H,3-4,7-12H2,1-2H3,(H,19,20,23). The Morgan fingerprint density at radius 3 is 2.62 bits per heavy atom. The molecule has 24 heavy (non-hydrogen) atoms. The SMILES string of the molecule is CCCN(CCC)c1nc2c(N3CCSCC3)nccc2c(=O)[nH]1. The molecule has 1 aliphatic rings. The average Bonchev–Trinajstić information content (AvgIpc) is 2.62. The fourth-order valence-electron chi connectivity index (χ4n) is 3.06. The van der Waals surface area contributed by atoms with Crippen molar-refractivity contribution in [1.82, 2.24) is 15.0 Å². The van der Waals surface area contributed by atoms with Crippen LogP contribution in [0.25, 0.3) is 10.9 Å². The second-order valence-corrected chi connectivity index (χ2v) is 7.23. The fourth-order valence-corrected chi connectivity index (χ4v) is 3.96. The summed E-state index contributed by atoms with van der Waals surface area (Å²) in [6.07, 6.45) is 3.75. The fraction of sp³-hybridized carbons (Fsp3) is 0.588. The van der Waals surface area contributed by atoms with Gasteiger partial charge in [-0.1, -0.05) is 13.8 Å². The minimum atomic E-state index is -0.0813. The van der Waals surface area contributed by atoms with E-state index in [4.69, 9.17) is 4.98 Å². The number of aromatic nitrogens is 3. The first-order chi connectivity index (χ1) is 11.7. The Hall–Kier alpha value is -1.76. The van der Waals surface area contributed by atoms with E-state index in [-0.39, 0.29) is 5.56 Å². The van der Waals surface area contributed by atoms with Crippen molar-refractivity contribution < 1.29 is 0 Å². The van der Waals surface area contributed by atoms with Crippen LogP contribution in [0.5, 0.6) is 0 Å². The van der Waals surface area contributed by atoms with E-state index >= 15 is 0 Å². The van der Waals surface area contributed by atoms with Crippen LogP contribution < -0.4 is 15.4 Å². The lowest BCUT2D eigenvalue weighted by Crippen LogP contribution is -2.34. The minimum absolute atomic E-state index is 0.0813. The molecule has 2 aromatic rings. The number of nitrogens with zero attached hydrogens (tertiary/aromatic N) is 4. The topological polar surface area (TPSA) is 65.1 Å². The summed E-state index contributed by atoms with van der Waals surface area (Å²) in [6, 6.07) is 1.76. The van der Waals surface area contributed by atoms with Gasteiger partial charge in [-0.25, -0.2) is 9.97 Å². The van der Waals surface area contributed by atoms with Crippen LogP contribution >= 0.6 is 11.8 Å². The van der Waals surface area contributed by atoms with Gasteiger partial charge in [0.1, 0.15) is 5.52 Å². The van der Waals surface area contributed by atoms with Crippen LogP contribution in [0.1, 0.15) is 26.7 Å². The molecule has 0 bridgehead atoms. The third kappa shape index (κ3) is 3.50. The summed E-state index contributed by atoms with van der Waals surface area (Å²) >= 11 is 1.96. The Morgan fingerprint density at radius 2 is 1.96 bits per heavy atom. The van der Waals surface area contributed by atoms with Gasteiger partial charge in [-0.05, 0) is 18.9 Å². The maximum atomic E-state index is 12.6. The van der Waals surface area contributed by atoms with E-state index < -0.39 is 0 Å². The number of fused-ring (bicyclic) bond motifs is 1. The molecule has 0 radical (unpaired) electrons. The highest BCUT2D eigenvalue weighted by Gasteiger charge is 2.19. The largest absolute Gasteiger partial charge is 0.353 e. The van der Waals surface area contributed by atoms with Crippen LogP contribution in [0.15, 0.2) is 17.1 Å². The van der Waals surface area contributed by atoms with E-state index in [0.717, 1.165) is 61.9 Å². The molecule has 130 valence electrons. The Bertz CT molecular complexity index is 735. The summed E-state index contributed by atoms with van der Waals surface area (Å²) in [6.45, 7) is 7.96. The normalized spacial score (nSPS) is 15.0. The van der Waals surface area contributed by atoms with Crippen LogP contribution in [0, 0.1) is 0 Å². The van der Waals surface area contributed by atoms with Crippen LogP contribution in [-0.4, -0.2) is 52.6 Å². The zero-order valence-electron chi connectivity index (χ0n) is 14.4. The average molecular weight is 347 g/mol. The smallest absolute Gasteiger partial charge is 0.260 e. The Kier molecular flexibility index (Phi) is 5.60. The van der Waals surface area contributed by atoms with Crippen molar-refractivity contribution in [2.45, 2.75) is 26.7 Å². The van der Waals surface area contributed by atoms with Crippen molar-refractivity contribution in [3.63, 3.8) is 0 Å². The molecule has 1 N–H and O–H groups in total. The zero-order valence-corrected chi connectivity index (χ0v) is 15.2. The highest BCUT2D eigenvalue weighted by atomic mass is 32.2. The van der Waals surface area contributed by atoms with Gasteiger partial charge in [0.05, 0.1) is 5.39 Å². The lowest BCUT2D eigenvalue weighted by Gasteiger charge is -2.28. The number of hydrogen-bond acceptors (Lipinski definition) is 6. The molecule has 1 fully saturated rings. The first-order valence-corrected chi connectivity index (χ1v) is 9.86. The van der Waals surface area contributed by atoms with E-state index in [0.29, 0.717) is 11.3 Å². The number of aromatic amines is 1. The number of rotatable bonds is 6. The second-order valence-electron chi connectivity index (χ2n) is 6.01. The molecule has 0 spiro atoms. The first-order valence-electron chi connectivity index (χ1n) is 8.71. The number of anilines is 2. The summed E-state index contributed by atoms with van der Waals surface area (Å²) in [5.74, 6) is 3.68. The molecule has 0 unspecified atom stereocenters. The van der Waals surface area contributed by atoms with Crippen LogP contribution in [0.4, 0.5) is 11.8 Å². The van der Waals surface area contributed by atoms with E-state index in [1.54, 1.807) is 12.3 Å². The van der Waals surface area contributed by atoms with Crippen LogP contribution in [-0.2, 0) is 0 Å². The second kappa shape index (κ2) is 7.88. The summed E-state index contributed by atoms with van der Waals surface area (Å²) in [7, 11) is 0. The molecular formula is C17H25N5OS. The first kappa shape index (κ1) is 17.1. The number of nitrogens with one attached hydrogen (secondary N) is 1. The van der Waals surface area contributed by atoms with E-state index in [1.165, 1.54) is 0 Å². The number of H-pyrrole nitrogens is 1. The molecule has 0 aromatic carbocycles. The predicted octanol–water partition coefficient (Wildman–Crippen LogP) is 2.50. The highest BCUT2D eigenvalue weighted by molar-refractivity contribution is 7.99. The van der Waals surface area contributed by atoms with Gasteiger partial charge in [0.2, 0.25) is 5.95 Å². The Labute approximate surface area is 146 Å². The molecule has 2 aromatic heterocycles. The summed E-state index contributed by atoms with van der Waals surface area (Å²) < 4.78 is 0. The quantitative estimate of drug-likeness (QED) is 0.866. The van der Waals surface area contributed by atoms with Crippen LogP contribution in [0.3, 0.4) is 0 Å². The van der Waals surface area contributed by atoms with Crippen molar-refractivity contribution in [3.05, 3.63) is 22.6 Å². The Morgan fingerprint density at radius 1 is 1.25 bits per heavy atom. The van der Waals surface area contributed by atoms with Crippen molar-refractivity contribution in [2.24, 2.45) is 0 Å². The molecule has 0 aliphatic carbocycles. The molecule has 7 heteroatoms. The van der Waals surface area contributed by atoms with Gasteiger partial charge in [0.15, 0.2) is 5.82 Å². The molecular weight excluding hydrogens is 322 g/mol. The van der Waals surface area contributed by atoms with E-state index in [1.807, 2.05) is 11.8 Å². The highest BCUT2D eigenvalue weighted by Crippen LogP contribution is 2.24. The molecule has 1 aliphatic heterocycles. The Balaban J connectivity index is 2.08. The summed E-state index contributed by atoms with van der Waals surface area (Å²) in [5, 5.41) is 0.620. The van der Waals surface area contributed by atoms with Crippen molar-refractivity contribution in [2.75, 3.05) is 47.5 Å². The van der Waals surface area contributed by atoms with E-state index in [2.05, 4.69) is 33.6 Å². The molecule has 6 nitrogen and oxygen atoms in total. The maximum Gasteiger partial charge on any atom is 0.260 e. The van der Waals surface area contributed by atoms with Gasteiger partial charge in [0, 0.05) is 43.9 Å². The van der Waals surface area contributed by atoms with Gasteiger partial charge in [-0.3, -0.25) is 9.78 Å². The maximum absolute atomic E-state index is 12.6. The van der Waals surface area contributed by atoms with Gasteiger partial charge < -0.3 is 9.80 Å². The number of thioether (sulfide) groups is 1. The summed E-state index contributed by atoms with van der Waals surface area (Å²) in [5.41, 5.74) is 0.641. The zero-order chi connectivity index (χ0) is 16.9. The van der Waals surface area contributed by atoms with Gasteiger partial charge in [0.25, 0.3) is 5.56 Å².